The first-order valence-corrected chi connectivity index (χ1v) is 10.8. The third kappa shape index (κ3) is 4.75. The number of aromatic nitrogens is 1. The zero-order valence-electron chi connectivity index (χ0n) is 18.8. The van der Waals surface area contributed by atoms with Gasteiger partial charge in [-0.15, -0.1) is 0 Å². The number of hydrogen-bond donors (Lipinski definition) is 0. The molecule has 166 valence electrons. The maximum absolute atomic E-state index is 13.1. The van der Waals surface area contributed by atoms with Crippen molar-refractivity contribution in [1.82, 2.24) is 14.8 Å². The van der Waals surface area contributed by atoms with Gasteiger partial charge in [-0.2, -0.15) is 0 Å². The van der Waals surface area contributed by atoms with Crippen molar-refractivity contribution in [3.63, 3.8) is 0 Å². The number of piperazine rings is 1. The molecule has 0 bridgehead atoms. The highest BCUT2D eigenvalue weighted by molar-refractivity contribution is 5.82. The van der Waals surface area contributed by atoms with Gasteiger partial charge in [0.05, 0.1) is 20.3 Å². The Balaban J connectivity index is 1.52. The van der Waals surface area contributed by atoms with Gasteiger partial charge >= 0.3 is 0 Å². The Labute approximate surface area is 189 Å². The molecule has 0 saturated carbocycles. The van der Waals surface area contributed by atoms with Crippen LogP contribution < -0.4 is 9.47 Å². The molecule has 1 aliphatic rings. The number of benzene rings is 2. The van der Waals surface area contributed by atoms with Gasteiger partial charge in [0.25, 0.3) is 0 Å². The van der Waals surface area contributed by atoms with E-state index in [4.69, 9.17) is 9.47 Å². The summed E-state index contributed by atoms with van der Waals surface area (Å²) >= 11 is 0. The zero-order chi connectivity index (χ0) is 22.5. The molecule has 0 radical (unpaired) electrons. The quantitative estimate of drug-likeness (QED) is 0.572. The molecule has 1 amide bonds. The van der Waals surface area contributed by atoms with E-state index in [0.29, 0.717) is 24.5 Å². The van der Waals surface area contributed by atoms with Crippen molar-refractivity contribution in [1.29, 1.82) is 0 Å². The Kier molecular flexibility index (Phi) is 6.71. The number of nitrogens with zero attached hydrogens (tertiary/aromatic N) is 3. The molecular weight excluding hydrogens is 402 g/mol. The molecule has 0 N–H and O–H groups in total. The van der Waals surface area contributed by atoms with Crippen molar-refractivity contribution in [3.05, 3.63) is 78.1 Å². The van der Waals surface area contributed by atoms with Crippen LogP contribution in [0.25, 0.3) is 11.1 Å². The van der Waals surface area contributed by atoms with E-state index in [1.165, 1.54) is 0 Å². The summed E-state index contributed by atoms with van der Waals surface area (Å²) in [6.07, 6.45) is 4.27. The van der Waals surface area contributed by atoms with E-state index in [2.05, 4.69) is 34.1 Å². The normalized spacial score (nSPS) is 16.8. The highest BCUT2D eigenvalue weighted by Gasteiger charge is 2.33. The van der Waals surface area contributed by atoms with E-state index < -0.39 is 0 Å². The number of rotatable bonds is 7. The van der Waals surface area contributed by atoms with E-state index in [1.807, 2.05) is 42.3 Å². The van der Waals surface area contributed by atoms with E-state index in [-0.39, 0.29) is 11.9 Å². The highest BCUT2D eigenvalue weighted by Crippen LogP contribution is 2.29. The smallest absolute Gasteiger partial charge is 0.240 e. The van der Waals surface area contributed by atoms with Gasteiger partial charge in [0.15, 0.2) is 11.5 Å². The van der Waals surface area contributed by atoms with Crippen LogP contribution in [-0.2, 0) is 17.8 Å². The Bertz CT molecular complexity index is 1050. The third-order valence-corrected chi connectivity index (χ3v) is 6.05. The minimum atomic E-state index is -0.200. The first kappa shape index (κ1) is 21.8. The number of likely N-dealkylation sites (N-methyl/N-ethyl adjacent to an activating group) is 1. The summed E-state index contributed by atoms with van der Waals surface area (Å²) in [5.41, 5.74) is 4.52. The van der Waals surface area contributed by atoms with Crippen LogP contribution in [0.2, 0.25) is 0 Å². The van der Waals surface area contributed by atoms with Crippen LogP contribution in [-0.4, -0.2) is 61.1 Å². The molecule has 0 spiro atoms. The summed E-state index contributed by atoms with van der Waals surface area (Å²) in [6, 6.07) is 18.2. The SMILES string of the molecule is COc1ccc(CN2CCN(C)C(=O)[C@@H]2Cc2ccc(-c3ccncc3)cc2)cc1OC. The summed E-state index contributed by atoms with van der Waals surface area (Å²) in [7, 11) is 5.15. The largest absolute Gasteiger partial charge is 0.493 e. The molecular formula is C26H29N3O3. The predicted molar refractivity (Wildman–Crippen MR) is 125 cm³/mol. The molecule has 0 aliphatic carbocycles. The van der Waals surface area contributed by atoms with Gasteiger partial charge in [-0.1, -0.05) is 30.3 Å². The van der Waals surface area contributed by atoms with Crippen LogP contribution in [0.1, 0.15) is 11.1 Å². The monoisotopic (exact) mass is 431 g/mol. The number of carbonyl (C=O) groups excluding carboxylic acids is 1. The molecule has 1 saturated heterocycles. The molecule has 6 heteroatoms. The van der Waals surface area contributed by atoms with Crippen LogP contribution in [0.5, 0.6) is 11.5 Å². The van der Waals surface area contributed by atoms with Crippen LogP contribution in [0.3, 0.4) is 0 Å². The lowest BCUT2D eigenvalue weighted by molar-refractivity contribution is -0.140. The predicted octanol–water partition coefficient (Wildman–Crippen LogP) is 3.65. The standard InChI is InChI=1S/C26H29N3O3/c1-28-14-15-29(18-20-6-9-24(31-2)25(17-20)32-3)23(26(28)30)16-19-4-7-21(8-5-19)22-10-12-27-13-11-22/h4-13,17,23H,14-16,18H2,1-3H3/t23-/m0/s1. The number of pyridine rings is 1. The fraction of sp³-hybridized carbons (Fsp3) is 0.308. The first-order chi connectivity index (χ1) is 15.6. The number of carbonyl (C=O) groups is 1. The van der Waals surface area contributed by atoms with Crippen molar-refractivity contribution in [2.75, 3.05) is 34.4 Å². The van der Waals surface area contributed by atoms with Crippen LogP contribution in [0, 0.1) is 0 Å². The van der Waals surface area contributed by atoms with Gasteiger partial charge in [0.1, 0.15) is 0 Å². The fourth-order valence-corrected chi connectivity index (χ4v) is 4.18. The van der Waals surface area contributed by atoms with E-state index in [9.17, 15) is 4.79 Å². The lowest BCUT2D eigenvalue weighted by Gasteiger charge is -2.39. The lowest BCUT2D eigenvalue weighted by atomic mass is 9.98. The summed E-state index contributed by atoms with van der Waals surface area (Å²) in [5, 5.41) is 0. The topological polar surface area (TPSA) is 54.9 Å². The molecule has 2 heterocycles. The van der Waals surface area contributed by atoms with Gasteiger partial charge in [-0.25, -0.2) is 0 Å². The number of methoxy groups -OCH3 is 2. The summed E-state index contributed by atoms with van der Waals surface area (Å²) < 4.78 is 10.8. The molecule has 0 unspecified atom stereocenters. The molecule has 32 heavy (non-hydrogen) atoms. The summed E-state index contributed by atoms with van der Waals surface area (Å²) in [4.78, 5) is 21.3. The lowest BCUT2D eigenvalue weighted by Crippen LogP contribution is -2.56. The van der Waals surface area contributed by atoms with Gasteiger partial charge < -0.3 is 14.4 Å². The van der Waals surface area contributed by atoms with Crippen LogP contribution in [0.15, 0.2) is 67.0 Å². The average Bonchev–Trinajstić information content (AvgIpc) is 2.84. The molecule has 1 fully saturated rings. The maximum atomic E-state index is 13.1. The number of amides is 1. The molecule has 1 aliphatic heterocycles. The Morgan fingerprint density at radius 1 is 0.875 bits per heavy atom. The second kappa shape index (κ2) is 9.83. The van der Waals surface area contributed by atoms with Crippen molar-refractivity contribution < 1.29 is 14.3 Å². The van der Waals surface area contributed by atoms with Gasteiger partial charge in [0.2, 0.25) is 5.91 Å². The van der Waals surface area contributed by atoms with Gasteiger partial charge in [-0.05, 0) is 52.9 Å². The molecule has 1 atom stereocenters. The average molecular weight is 432 g/mol. The minimum absolute atomic E-state index is 0.162. The Morgan fingerprint density at radius 3 is 2.22 bits per heavy atom. The van der Waals surface area contributed by atoms with E-state index >= 15 is 0 Å². The summed E-state index contributed by atoms with van der Waals surface area (Å²) in [6.45, 7) is 2.24. The van der Waals surface area contributed by atoms with Gasteiger partial charge in [-0.3, -0.25) is 14.7 Å². The number of hydrogen-bond acceptors (Lipinski definition) is 5. The second-order valence-electron chi connectivity index (χ2n) is 8.07. The van der Waals surface area contributed by atoms with Crippen molar-refractivity contribution >= 4 is 5.91 Å². The molecule has 2 aromatic carbocycles. The third-order valence-electron chi connectivity index (χ3n) is 6.05. The van der Waals surface area contributed by atoms with Crippen molar-refractivity contribution in [2.45, 2.75) is 19.0 Å². The first-order valence-electron chi connectivity index (χ1n) is 10.8. The van der Waals surface area contributed by atoms with Crippen LogP contribution in [0.4, 0.5) is 0 Å². The van der Waals surface area contributed by atoms with Crippen molar-refractivity contribution in [3.8, 4) is 22.6 Å². The van der Waals surface area contributed by atoms with Gasteiger partial charge in [0, 0.05) is 39.1 Å². The Morgan fingerprint density at radius 2 is 1.53 bits per heavy atom. The van der Waals surface area contributed by atoms with E-state index in [1.54, 1.807) is 26.6 Å². The summed E-state index contributed by atoms with van der Waals surface area (Å²) in [5.74, 6) is 1.57. The van der Waals surface area contributed by atoms with Crippen LogP contribution >= 0.6 is 0 Å². The molecule has 3 aromatic rings. The molecule has 1 aromatic heterocycles. The second-order valence-corrected chi connectivity index (χ2v) is 8.07. The maximum Gasteiger partial charge on any atom is 0.240 e. The fourth-order valence-electron chi connectivity index (χ4n) is 4.18. The Hall–Kier alpha value is -3.38. The zero-order valence-corrected chi connectivity index (χ0v) is 18.8. The highest BCUT2D eigenvalue weighted by atomic mass is 16.5. The van der Waals surface area contributed by atoms with E-state index in [0.717, 1.165) is 35.3 Å². The van der Waals surface area contributed by atoms with Crippen molar-refractivity contribution in [2.24, 2.45) is 0 Å². The minimum Gasteiger partial charge on any atom is -0.493 e. The number of ether oxygens (including phenoxy) is 2. The molecule has 4 rings (SSSR count). The molecule has 6 nitrogen and oxygen atoms in total.